The van der Waals surface area contributed by atoms with E-state index in [9.17, 15) is 0 Å². The van der Waals surface area contributed by atoms with E-state index < -0.39 is 0 Å². The van der Waals surface area contributed by atoms with Gasteiger partial charge >= 0.3 is 0 Å². The van der Waals surface area contributed by atoms with Gasteiger partial charge in [0.1, 0.15) is 0 Å². The van der Waals surface area contributed by atoms with Gasteiger partial charge in [-0.25, -0.2) is 0 Å². The summed E-state index contributed by atoms with van der Waals surface area (Å²) in [6.45, 7) is 3.30. The molecule has 1 aliphatic rings. The first-order valence-corrected chi connectivity index (χ1v) is 5.53. The van der Waals surface area contributed by atoms with Gasteiger partial charge in [-0.05, 0) is 44.6 Å². The molecule has 0 aromatic rings. The van der Waals surface area contributed by atoms with Crippen LogP contribution in [0.2, 0.25) is 0 Å². The van der Waals surface area contributed by atoms with Gasteiger partial charge in [-0.1, -0.05) is 6.92 Å². The van der Waals surface area contributed by atoms with Crippen LogP contribution in [0, 0.1) is 18.3 Å². The molecule has 0 amide bonds. The van der Waals surface area contributed by atoms with Gasteiger partial charge in [-0.15, -0.1) is 12.3 Å². The zero-order valence-electron chi connectivity index (χ0n) is 8.68. The Bertz CT molecular complexity index is 168. The highest BCUT2D eigenvalue weighted by Crippen LogP contribution is 2.29. The molecule has 1 fully saturated rings. The van der Waals surface area contributed by atoms with Crippen molar-refractivity contribution in [1.82, 2.24) is 5.32 Å². The van der Waals surface area contributed by atoms with Crippen LogP contribution < -0.4 is 5.32 Å². The predicted molar refractivity (Wildman–Crippen MR) is 57.5 cm³/mol. The van der Waals surface area contributed by atoms with Crippen LogP contribution >= 0.6 is 0 Å². The Morgan fingerprint density at radius 3 is 3.00 bits per heavy atom. The highest BCUT2D eigenvalue weighted by Gasteiger charge is 2.22. The van der Waals surface area contributed by atoms with E-state index >= 15 is 0 Å². The highest BCUT2D eigenvalue weighted by molar-refractivity contribution is 4.85. The molecule has 13 heavy (non-hydrogen) atoms. The van der Waals surface area contributed by atoms with E-state index in [1.54, 1.807) is 0 Å². The molecule has 0 saturated heterocycles. The Morgan fingerprint density at radius 2 is 2.31 bits per heavy atom. The Balaban J connectivity index is 2.07. The largest absolute Gasteiger partial charge is 0.314 e. The topological polar surface area (TPSA) is 12.0 Å². The molecule has 0 aromatic heterocycles. The second kappa shape index (κ2) is 6.05. The van der Waals surface area contributed by atoms with E-state index in [2.05, 4.69) is 18.2 Å². The van der Waals surface area contributed by atoms with Crippen LogP contribution in [0.25, 0.3) is 0 Å². The Labute approximate surface area is 82.3 Å². The van der Waals surface area contributed by atoms with Crippen LogP contribution in [0.1, 0.15) is 45.4 Å². The minimum atomic E-state index is 0.792. The summed E-state index contributed by atoms with van der Waals surface area (Å²) in [5.41, 5.74) is 0. The fourth-order valence-corrected chi connectivity index (χ4v) is 2.30. The summed E-state index contributed by atoms with van der Waals surface area (Å²) < 4.78 is 0. The SMILES string of the molecule is C#CCCCC1CCC(NCC)C1. The molecule has 1 saturated carbocycles. The lowest BCUT2D eigenvalue weighted by atomic mass is 10.0. The Hall–Kier alpha value is -0.480. The normalized spacial score (nSPS) is 27.4. The third-order valence-corrected chi connectivity index (χ3v) is 2.97. The van der Waals surface area contributed by atoms with Crippen molar-refractivity contribution in [2.45, 2.75) is 51.5 Å². The summed E-state index contributed by atoms with van der Waals surface area (Å²) in [6.07, 6.45) is 12.9. The predicted octanol–water partition coefficient (Wildman–Crippen LogP) is 2.57. The summed E-state index contributed by atoms with van der Waals surface area (Å²) >= 11 is 0. The fourth-order valence-electron chi connectivity index (χ4n) is 2.30. The maximum atomic E-state index is 5.23. The zero-order valence-corrected chi connectivity index (χ0v) is 8.68. The molecule has 0 spiro atoms. The van der Waals surface area contributed by atoms with Crippen molar-refractivity contribution in [1.29, 1.82) is 0 Å². The van der Waals surface area contributed by atoms with Gasteiger partial charge in [0, 0.05) is 12.5 Å². The van der Waals surface area contributed by atoms with Crippen molar-refractivity contribution in [3.05, 3.63) is 0 Å². The minimum absolute atomic E-state index is 0.792. The molecule has 0 heterocycles. The van der Waals surface area contributed by atoms with E-state index in [1.807, 2.05) is 0 Å². The first-order chi connectivity index (χ1) is 6.36. The lowest BCUT2D eigenvalue weighted by Crippen LogP contribution is -2.25. The quantitative estimate of drug-likeness (QED) is 0.505. The molecule has 1 rings (SSSR count). The van der Waals surface area contributed by atoms with Gasteiger partial charge in [0.15, 0.2) is 0 Å². The average molecular weight is 179 g/mol. The monoisotopic (exact) mass is 179 g/mol. The molecule has 2 unspecified atom stereocenters. The first-order valence-electron chi connectivity index (χ1n) is 5.53. The summed E-state index contributed by atoms with van der Waals surface area (Å²) in [4.78, 5) is 0. The maximum absolute atomic E-state index is 5.23. The van der Waals surface area contributed by atoms with Crippen molar-refractivity contribution in [3.8, 4) is 12.3 Å². The van der Waals surface area contributed by atoms with Gasteiger partial charge < -0.3 is 5.32 Å². The third-order valence-electron chi connectivity index (χ3n) is 2.97. The summed E-state index contributed by atoms with van der Waals surface area (Å²) in [6, 6.07) is 0.792. The van der Waals surface area contributed by atoms with Gasteiger partial charge in [-0.3, -0.25) is 0 Å². The second-order valence-corrected chi connectivity index (χ2v) is 4.03. The number of unbranched alkanes of at least 4 members (excludes halogenated alkanes) is 1. The molecule has 0 radical (unpaired) electrons. The summed E-state index contributed by atoms with van der Waals surface area (Å²) in [5, 5.41) is 3.52. The van der Waals surface area contributed by atoms with Crippen molar-refractivity contribution in [2.75, 3.05) is 6.54 Å². The molecule has 1 aliphatic carbocycles. The van der Waals surface area contributed by atoms with Gasteiger partial charge in [-0.2, -0.15) is 0 Å². The summed E-state index contributed by atoms with van der Waals surface area (Å²) in [7, 11) is 0. The van der Waals surface area contributed by atoms with Crippen LogP contribution in [0.5, 0.6) is 0 Å². The number of rotatable bonds is 5. The lowest BCUT2D eigenvalue weighted by molar-refractivity contribution is 0.460. The van der Waals surface area contributed by atoms with Gasteiger partial charge in [0.05, 0.1) is 0 Å². The van der Waals surface area contributed by atoms with Crippen LogP contribution in [0.15, 0.2) is 0 Å². The van der Waals surface area contributed by atoms with Crippen LogP contribution in [0.3, 0.4) is 0 Å². The van der Waals surface area contributed by atoms with Crippen molar-refractivity contribution >= 4 is 0 Å². The Kier molecular flexibility index (Phi) is 4.93. The summed E-state index contributed by atoms with van der Waals surface area (Å²) in [5.74, 6) is 3.65. The maximum Gasteiger partial charge on any atom is 0.00861 e. The number of hydrogen-bond acceptors (Lipinski definition) is 1. The molecule has 1 heteroatoms. The molecular weight excluding hydrogens is 158 g/mol. The highest BCUT2D eigenvalue weighted by atomic mass is 14.9. The third kappa shape index (κ3) is 3.83. The molecule has 1 N–H and O–H groups in total. The molecule has 2 atom stereocenters. The molecular formula is C12H21N. The van der Waals surface area contributed by atoms with E-state index in [4.69, 9.17) is 6.42 Å². The number of hydrogen-bond donors (Lipinski definition) is 1. The lowest BCUT2D eigenvalue weighted by Gasteiger charge is -2.11. The van der Waals surface area contributed by atoms with E-state index in [1.165, 1.54) is 32.1 Å². The van der Waals surface area contributed by atoms with Crippen molar-refractivity contribution < 1.29 is 0 Å². The fraction of sp³-hybridized carbons (Fsp3) is 0.833. The standard InChI is InChI=1S/C12H21N/c1-3-5-6-7-11-8-9-12(10-11)13-4-2/h1,11-13H,4-10H2,2H3. The van der Waals surface area contributed by atoms with E-state index in [0.717, 1.165) is 24.9 Å². The molecule has 0 aromatic carbocycles. The zero-order chi connectivity index (χ0) is 9.52. The minimum Gasteiger partial charge on any atom is -0.314 e. The Morgan fingerprint density at radius 1 is 1.46 bits per heavy atom. The van der Waals surface area contributed by atoms with Crippen LogP contribution in [-0.2, 0) is 0 Å². The number of nitrogens with one attached hydrogen (secondary N) is 1. The van der Waals surface area contributed by atoms with Crippen molar-refractivity contribution in [2.24, 2.45) is 5.92 Å². The molecule has 0 aliphatic heterocycles. The van der Waals surface area contributed by atoms with E-state index in [0.29, 0.717) is 0 Å². The van der Waals surface area contributed by atoms with Gasteiger partial charge in [0.2, 0.25) is 0 Å². The first kappa shape index (κ1) is 10.6. The van der Waals surface area contributed by atoms with Gasteiger partial charge in [0.25, 0.3) is 0 Å². The van der Waals surface area contributed by atoms with Crippen molar-refractivity contribution in [3.63, 3.8) is 0 Å². The van der Waals surface area contributed by atoms with Crippen LogP contribution in [0.4, 0.5) is 0 Å². The van der Waals surface area contributed by atoms with E-state index in [-0.39, 0.29) is 0 Å². The number of terminal acetylenes is 1. The smallest absolute Gasteiger partial charge is 0.00861 e. The van der Waals surface area contributed by atoms with Crippen LogP contribution in [-0.4, -0.2) is 12.6 Å². The molecule has 1 nitrogen and oxygen atoms in total. The molecule has 0 bridgehead atoms. The second-order valence-electron chi connectivity index (χ2n) is 4.03. The molecule has 74 valence electrons. The average Bonchev–Trinajstić information content (AvgIpc) is 2.54.